The van der Waals surface area contributed by atoms with Gasteiger partial charge in [-0.2, -0.15) is 0 Å². The summed E-state index contributed by atoms with van der Waals surface area (Å²) in [6, 6.07) is 8.31. The number of hydrogen-bond acceptors (Lipinski definition) is 2. The molecule has 15 heavy (non-hydrogen) atoms. The molecule has 1 atom stereocenters. The molecule has 82 valence electrons. The number of aliphatic hydroxyl groups excluding tert-OH is 1. The van der Waals surface area contributed by atoms with Gasteiger partial charge in [0.15, 0.2) is 0 Å². The van der Waals surface area contributed by atoms with Crippen molar-refractivity contribution in [3.05, 3.63) is 34.3 Å². The lowest BCUT2D eigenvalue weighted by Crippen LogP contribution is -2.28. The SMILES string of the molecule is OCC(c1ccccc1Br)N1CCCC1. The maximum Gasteiger partial charge on any atom is 0.0629 e. The third kappa shape index (κ3) is 2.41. The average Bonchev–Trinajstić information content (AvgIpc) is 2.75. The number of nitrogens with zero attached hydrogens (tertiary/aromatic N) is 1. The van der Waals surface area contributed by atoms with E-state index in [9.17, 15) is 5.11 Å². The molecule has 2 rings (SSSR count). The first kappa shape index (κ1) is 11.1. The minimum absolute atomic E-state index is 0.156. The van der Waals surface area contributed by atoms with Gasteiger partial charge in [0.1, 0.15) is 0 Å². The molecule has 0 bridgehead atoms. The summed E-state index contributed by atoms with van der Waals surface area (Å²) in [5.41, 5.74) is 1.20. The van der Waals surface area contributed by atoms with Gasteiger partial charge in [-0.05, 0) is 37.6 Å². The van der Waals surface area contributed by atoms with Crippen molar-refractivity contribution in [3.63, 3.8) is 0 Å². The molecule has 0 amide bonds. The van der Waals surface area contributed by atoms with Gasteiger partial charge in [-0.15, -0.1) is 0 Å². The molecule has 0 aliphatic carbocycles. The van der Waals surface area contributed by atoms with Gasteiger partial charge < -0.3 is 5.11 Å². The Hall–Kier alpha value is -0.380. The van der Waals surface area contributed by atoms with Crippen molar-refractivity contribution in [3.8, 4) is 0 Å². The van der Waals surface area contributed by atoms with Gasteiger partial charge in [0.25, 0.3) is 0 Å². The predicted molar refractivity (Wildman–Crippen MR) is 64.8 cm³/mol. The van der Waals surface area contributed by atoms with Crippen LogP contribution in [0.25, 0.3) is 0 Å². The van der Waals surface area contributed by atoms with E-state index in [4.69, 9.17) is 0 Å². The normalized spacial score (nSPS) is 19.3. The van der Waals surface area contributed by atoms with Crippen molar-refractivity contribution in [2.24, 2.45) is 0 Å². The lowest BCUT2D eigenvalue weighted by molar-refractivity contribution is 0.146. The van der Waals surface area contributed by atoms with Crippen molar-refractivity contribution in [2.75, 3.05) is 19.7 Å². The first-order valence-corrected chi connectivity index (χ1v) is 6.21. The lowest BCUT2D eigenvalue weighted by Gasteiger charge is -2.26. The van der Waals surface area contributed by atoms with Crippen molar-refractivity contribution in [1.82, 2.24) is 4.90 Å². The smallest absolute Gasteiger partial charge is 0.0629 e. The Kier molecular flexibility index (Phi) is 3.78. The highest BCUT2D eigenvalue weighted by Crippen LogP contribution is 2.29. The average molecular weight is 270 g/mol. The molecule has 1 N–H and O–H groups in total. The van der Waals surface area contributed by atoms with E-state index in [1.807, 2.05) is 18.2 Å². The number of aliphatic hydroxyl groups is 1. The standard InChI is InChI=1S/C12H16BrNO/c13-11-6-2-1-5-10(11)12(9-15)14-7-3-4-8-14/h1-2,5-6,12,15H,3-4,7-9H2. The van der Waals surface area contributed by atoms with E-state index in [1.54, 1.807) is 0 Å². The highest BCUT2D eigenvalue weighted by atomic mass is 79.9. The Morgan fingerprint density at radius 2 is 1.93 bits per heavy atom. The minimum Gasteiger partial charge on any atom is -0.394 e. The van der Waals surface area contributed by atoms with Crippen LogP contribution in [0.15, 0.2) is 28.7 Å². The fourth-order valence-electron chi connectivity index (χ4n) is 2.21. The fraction of sp³-hybridized carbons (Fsp3) is 0.500. The van der Waals surface area contributed by atoms with Crippen LogP contribution in [0.4, 0.5) is 0 Å². The minimum atomic E-state index is 0.156. The maximum absolute atomic E-state index is 9.50. The van der Waals surface area contributed by atoms with Crippen molar-refractivity contribution in [2.45, 2.75) is 18.9 Å². The lowest BCUT2D eigenvalue weighted by atomic mass is 10.1. The molecular weight excluding hydrogens is 254 g/mol. The predicted octanol–water partition coefficient (Wildman–Crippen LogP) is 2.58. The molecule has 3 heteroatoms. The molecule has 1 heterocycles. The van der Waals surface area contributed by atoms with Gasteiger partial charge in [0.2, 0.25) is 0 Å². The number of rotatable bonds is 3. The van der Waals surface area contributed by atoms with Crippen LogP contribution >= 0.6 is 15.9 Å². The van der Waals surface area contributed by atoms with Gasteiger partial charge in [-0.25, -0.2) is 0 Å². The number of halogens is 1. The van der Waals surface area contributed by atoms with Crippen LogP contribution in [-0.4, -0.2) is 29.7 Å². The Labute approximate surface area is 99.0 Å². The molecule has 1 unspecified atom stereocenters. The second-order valence-corrected chi connectivity index (χ2v) is 4.82. The zero-order valence-corrected chi connectivity index (χ0v) is 10.3. The molecule has 1 aromatic carbocycles. The largest absolute Gasteiger partial charge is 0.394 e. The first-order chi connectivity index (χ1) is 7.33. The van der Waals surface area contributed by atoms with Crippen LogP contribution in [0.3, 0.4) is 0 Å². The molecule has 2 nitrogen and oxygen atoms in total. The molecular formula is C12H16BrNO. The van der Waals surface area contributed by atoms with E-state index in [2.05, 4.69) is 26.9 Å². The molecule has 0 saturated carbocycles. The second-order valence-electron chi connectivity index (χ2n) is 3.96. The fourth-order valence-corrected chi connectivity index (χ4v) is 2.76. The van der Waals surface area contributed by atoms with E-state index in [0.29, 0.717) is 0 Å². The number of benzene rings is 1. The van der Waals surface area contributed by atoms with E-state index in [1.165, 1.54) is 18.4 Å². The van der Waals surface area contributed by atoms with Crippen LogP contribution in [0.2, 0.25) is 0 Å². The highest BCUT2D eigenvalue weighted by Gasteiger charge is 2.23. The van der Waals surface area contributed by atoms with Gasteiger partial charge in [0, 0.05) is 4.47 Å². The summed E-state index contributed by atoms with van der Waals surface area (Å²) in [5.74, 6) is 0. The van der Waals surface area contributed by atoms with Gasteiger partial charge in [0.05, 0.1) is 12.6 Å². The number of likely N-dealkylation sites (tertiary alicyclic amines) is 1. The summed E-state index contributed by atoms with van der Waals surface area (Å²) in [7, 11) is 0. The molecule has 0 aromatic heterocycles. The van der Waals surface area contributed by atoms with Crippen LogP contribution in [-0.2, 0) is 0 Å². The van der Waals surface area contributed by atoms with E-state index < -0.39 is 0 Å². The van der Waals surface area contributed by atoms with E-state index in [-0.39, 0.29) is 12.6 Å². The Morgan fingerprint density at radius 1 is 1.27 bits per heavy atom. The molecule has 0 spiro atoms. The monoisotopic (exact) mass is 269 g/mol. The summed E-state index contributed by atoms with van der Waals surface area (Å²) in [6.45, 7) is 2.40. The zero-order valence-electron chi connectivity index (χ0n) is 8.69. The van der Waals surface area contributed by atoms with Crippen molar-refractivity contribution >= 4 is 15.9 Å². The quantitative estimate of drug-likeness (QED) is 0.912. The Bertz CT molecular complexity index is 323. The molecule has 1 aromatic rings. The molecule has 1 aliphatic rings. The summed E-state index contributed by atoms with van der Waals surface area (Å²) < 4.78 is 1.09. The van der Waals surface area contributed by atoms with Crippen LogP contribution < -0.4 is 0 Å². The molecule has 1 saturated heterocycles. The topological polar surface area (TPSA) is 23.5 Å². The third-order valence-corrected chi connectivity index (χ3v) is 3.74. The summed E-state index contributed by atoms with van der Waals surface area (Å²) in [6.07, 6.45) is 2.50. The third-order valence-electron chi connectivity index (χ3n) is 3.02. The first-order valence-electron chi connectivity index (χ1n) is 5.42. The second kappa shape index (κ2) is 5.10. The Morgan fingerprint density at radius 3 is 2.53 bits per heavy atom. The molecule has 1 aliphatic heterocycles. The van der Waals surface area contributed by atoms with E-state index >= 15 is 0 Å². The highest BCUT2D eigenvalue weighted by molar-refractivity contribution is 9.10. The van der Waals surface area contributed by atoms with Crippen molar-refractivity contribution in [1.29, 1.82) is 0 Å². The maximum atomic E-state index is 9.50. The van der Waals surface area contributed by atoms with Crippen molar-refractivity contribution < 1.29 is 5.11 Å². The summed E-state index contributed by atoms with van der Waals surface area (Å²) in [5, 5.41) is 9.50. The van der Waals surface area contributed by atoms with Gasteiger partial charge in [-0.1, -0.05) is 34.1 Å². The van der Waals surface area contributed by atoms with Crippen LogP contribution in [0, 0.1) is 0 Å². The van der Waals surface area contributed by atoms with Crippen LogP contribution in [0.5, 0.6) is 0 Å². The summed E-state index contributed by atoms with van der Waals surface area (Å²) in [4.78, 5) is 2.36. The number of hydrogen-bond donors (Lipinski definition) is 1. The molecule has 0 radical (unpaired) electrons. The van der Waals surface area contributed by atoms with Crippen LogP contribution in [0.1, 0.15) is 24.4 Å². The summed E-state index contributed by atoms with van der Waals surface area (Å²) >= 11 is 3.55. The van der Waals surface area contributed by atoms with Gasteiger partial charge in [-0.3, -0.25) is 4.90 Å². The Balaban J connectivity index is 2.22. The van der Waals surface area contributed by atoms with Gasteiger partial charge >= 0.3 is 0 Å². The van der Waals surface area contributed by atoms with E-state index in [0.717, 1.165) is 17.6 Å². The molecule has 1 fully saturated rings. The zero-order chi connectivity index (χ0) is 10.7.